The van der Waals surface area contributed by atoms with Crippen molar-refractivity contribution >= 4 is 66.6 Å². The lowest BCUT2D eigenvalue weighted by atomic mass is 10.0. The summed E-state index contributed by atoms with van der Waals surface area (Å²) >= 11 is 0. The molecule has 0 spiro atoms. The second kappa shape index (κ2) is 34.3. The van der Waals surface area contributed by atoms with E-state index in [9.17, 15) is 86.3 Å². The van der Waals surface area contributed by atoms with Crippen LogP contribution in [0.5, 0.6) is 0 Å². The predicted octanol–water partition coefficient (Wildman–Crippen LogP) is 3.24. The third kappa shape index (κ3) is 20.8. The van der Waals surface area contributed by atoms with E-state index in [0.717, 1.165) is 69.6 Å². The molecule has 36 nitrogen and oxygen atoms in total. The van der Waals surface area contributed by atoms with Crippen molar-refractivity contribution in [3.05, 3.63) is 270 Å². The number of terminal acetylenes is 1. The lowest BCUT2D eigenvalue weighted by Gasteiger charge is -2.04. The molecule has 4 aliphatic carbocycles. The highest BCUT2D eigenvalue weighted by Gasteiger charge is 2.26. The Morgan fingerprint density at radius 1 is 0.312 bits per heavy atom. The van der Waals surface area contributed by atoms with Gasteiger partial charge in [-0.3, -0.25) is 88.6 Å². The van der Waals surface area contributed by atoms with Gasteiger partial charge in [-0.15, -0.1) is 18.9 Å². The molecule has 16 rings (SSSR count). The van der Waals surface area contributed by atoms with Crippen LogP contribution in [-0.2, 0) is 38.5 Å². The number of hydrogen-bond acceptors (Lipinski definition) is 24. The molecule has 12 heterocycles. The van der Waals surface area contributed by atoms with E-state index in [1.54, 1.807) is 6.08 Å². The normalized spacial score (nSPS) is 13.6. The third-order valence-electron chi connectivity index (χ3n) is 18.2. The molecule has 109 heavy (non-hydrogen) atoms. The zero-order valence-corrected chi connectivity index (χ0v) is 58.2. The van der Waals surface area contributed by atoms with E-state index in [-0.39, 0.29) is 66.6 Å². The van der Waals surface area contributed by atoms with E-state index < -0.39 is 101 Å². The first-order valence-corrected chi connectivity index (χ1v) is 35.1. The summed E-state index contributed by atoms with van der Waals surface area (Å²) in [6, 6.07) is 7.81. The van der Waals surface area contributed by atoms with Crippen molar-refractivity contribution in [3.63, 3.8) is 0 Å². The number of hydrogen-bond donors (Lipinski definition) is 12. The van der Waals surface area contributed by atoms with Crippen molar-refractivity contribution in [1.29, 1.82) is 0 Å². The Hall–Kier alpha value is -13.4. The van der Waals surface area contributed by atoms with Crippen LogP contribution < -0.4 is 101 Å². The first-order valence-electron chi connectivity index (χ1n) is 35.1. The average Bonchev–Trinajstić information content (AvgIpc) is 1.81. The molecule has 0 aliphatic heterocycles. The highest BCUT2D eigenvalue weighted by Crippen LogP contribution is 2.36. The molecule has 0 amide bonds. The molecule has 0 radical (unpaired) electrons. The number of fused-ring (bicyclic) bond motifs is 6. The average molecular weight is 1500 g/mol. The molecular formula is C73H72N12O24. The van der Waals surface area contributed by atoms with Gasteiger partial charge in [0, 0.05) is 42.8 Å². The molecular weight excluding hydrogens is 1430 g/mol. The van der Waals surface area contributed by atoms with E-state index >= 15 is 0 Å². The molecule has 0 bridgehead atoms. The fraction of sp³-hybridized carbons (Fsp3) is 0.370. The summed E-state index contributed by atoms with van der Waals surface area (Å²) in [5.41, 5.74) is -7.44. The summed E-state index contributed by atoms with van der Waals surface area (Å²) in [7, 11) is 0. The van der Waals surface area contributed by atoms with Crippen LogP contribution in [0, 0.1) is 36.0 Å². The van der Waals surface area contributed by atoms with Crippen LogP contribution in [0.15, 0.2) is 162 Å². The van der Waals surface area contributed by atoms with Crippen molar-refractivity contribution in [3.8, 4) is 12.3 Å². The highest BCUT2D eigenvalue weighted by molar-refractivity contribution is 5.79. The summed E-state index contributed by atoms with van der Waals surface area (Å²) in [4.78, 5) is 232. The van der Waals surface area contributed by atoms with Gasteiger partial charge in [0.15, 0.2) is 0 Å². The lowest BCUT2D eigenvalue weighted by molar-refractivity contribution is 0.542. The molecule has 36 heteroatoms. The largest absolute Gasteiger partial charge is 0.405 e. The van der Waals surface area contributed by atoms with Crippen LogP contribution >= 0.6 is 0 Å². The van der Waals surface area contributed by atoms with E-state index in [1.807, 2.05) is 0 Å². The molecule has 0 saturated heterocycles. The zero-order valence-electron chi connectivity index (χ0n) is 58.2. The van der Waals surface area contributed by atoms with Crippen molar-refractivity contribution in [1.82, 2.24) is 59.8 Å². The standard InChI is InChI=1S/C14H16N2O4.C13H14N2O4.2C12H12N2O4.C11H10N2O4.C11H8N2O4/c17-10-7-9(4-2-1-3-8-5-6-8)11-12(18)15-14(19)16-13(11)20-10;16-9-6-8(3-1-2-7-4-5-7)10-11(17)14-13(18)15-12(10)19-9;15-8-5-7(4-3-6-1-2-6)9-10(16)13-12(17)14-11(9)18-8;1-2-3-4-5-7-6-8(15)18-11-9(7)10(16)13-12(17)14-11;14-7-4-6(3-5-1-2-5)8-9(15)12-11(16)13-10(8)17-7;1-2-3-4-6-5-7(14)17-10-8(6)9(15)12-11(16)13-10/h7-8H,1-6H2,(H2,15,16,18,19);6-7H,1-5H2,(H2,14,15,17,18);5-6H,1-4H2,(H2,13,14,16,17);2,6H,1,3-5H2,(H2,13,14,16,17);4-5H,1-3H2,(H2,12,13,15,16);1,5H,3-4H2,(H2,12,13,15,16). The Morgan fingerprint density at radius 2 is 0.569 bits per heavy atom. The lowest BCUT2D eigenvalue weighted by Crippen LogP contribution is -2.24. The minimum absolute atomic E-state index is 0.0385. The smallest absolute Gasteiger partial charge is 0.337 e. The predicted molar refractivity (Wildman–Crippen MR) is 396 cm³/mol. The fourth-order valence-electron chi connectivity index (χ4n) is 12.4. The van der Waals surface area contributed by atoms with Gasteiger partial charge < -0.3 is 26.5 Å². The van der Waals surface area contributed by atoms with Crippen molar-refractivity contribution in [2.75, 3.05) is 0 Å². The molecule has 0 atom stereocenters. The van der Waals surface area contributed by atoms with Gasteiger partial charge >= 0.3 is 67.9 Å². The van der Waals surface area contributed by atoms with Gasteiger partial charge in [-0.25, -0.2) is 57.5 Å². The summed E-state index contributed by atoms with van der Waals surface area (Å²) in [6.07, 6.45) is 28.5. The number of aromatic amines is 12. The molecule has 12 aromatic rings. The number of aromatic nitrogens is 12. The summed E-state index contributed by atoms with van der Waals surface area (Å²) in [5.74, 6) is 5.34. The van der Waals surface area contributed by atoms with Crippen molar-refractivity contribution in [2.45, 2.75) is 148 Å². The van der Waals surface area contributed by atoms with Gasteiger partial charge in [-0.05, 0) is 141 Å². The van der Waals surface area contributed by atoms with E-state index in [2.05, 4.69) is 72.3 Å². The summed E-state index contributed by atoms with van der Waals surface area (Å²) in [5, 5.41) is 1.47. The summed E-state index contributed by atoms with van der Waals surface area (Å²) in [6.45, 7) is 3.61. The Bertz CT molecular complexity index is 6660. The number of aryl methyl sites for hydroxylation is 5. The minimum Gasteiger partial charge on any atom is -0.405 e. The summed E-state index contributed by atoms with van der Waals surface area (Å²) < 4.78 is 29.0. The topological polar surface area (TPSA) is 576 Å². The maximum atomic E-state index is 11.8. The van der Waals surface area contributed by atoms with Gasteiger partial charge in [-0.1, -0.05) is 63.9 Å². The van der Waals surface area contributed by atoms with Crippen molar-refractivity contribution in [2.24, 2.45) is 23.7 Å². The number of nitrogens with one attached hydrogen (secondary N) is 12. The number of H-pyrrole nitrogens is 12. The molecule has 12 aromatic heterocycles. The van der Waals surface area contributed by atoms with Gasteiger partial charge in [0.25, 0.3) is 33.4 Å². The molecule has 4 saturated carbocycles. The quantitative estimate of drug-likeness (QED) is 0.0296. The van der Waals surface area contributed by atoms with Gasteiger partial charge in [0.2, 0.25) is 34.3 Å². The van der Waals surface area contributed by atoms with E-state index in [0.29, 0.717) is 90.2 Å². The molecule has 12 N–H and O–H groups in total. The Kier molecular flexibility index (Phi) is 24.1. The van der Waals surface area contributed by atoms with E-state index in [4.69, 9.17) is 32.9 Å². The first-order chi connectivity index (χ1) is 52.3. The molecule has 4 fully saturated rings. The molecule has 0 aromatic carbocycles. The van der Waals surface area contributed by atoms with Crippen molar-refractivity contribution < 1.29 is 26.5 Å². The Balaban J connectivity index is 0.000000130. The van der Waals surface area contributed by atoms with Gasteiger partial charge in [0.05, 0.1) is 0 Å². The number of unbranched alkanes of at least 4 members (excludes halogenated alkanes) is 2. The fourth-order valence-corrected chi connectivity index (χ4v) is 12.4. The molecule has 0 unspecified atom stereocenters. The third-order valence-corrected chi connectivity index (χ3v) is 18.2. The molecule has 568 valence electrons. The number of allylic oxidation sites excluding steroid dienone is 1. The zero-order chi connectivity index (χ0) is 77.7. The number of rotatable bonds is 20. The maximum Gasteiger partial charge on any atom is 0.337 e. The molecule has 4 aliphatic rings. The van der Waals surface area contributed by atoms with Crippen LogP contribution in [0.4, 0.5) is 0 Å². The maximum absolute atomic E-state index is 11.8. The second-order valence-corrected chi connectivity index (χ2v) is 26.8. The van der Waals surface area contributed by atoms with Crippen LogP contribution in [0.3, 0.4) is 0 Å². The first kappa shape index (κ1) is 76.8. The van der Waals surface area contributed by atoms with Crippen LogP contribution in [0.2, 0.25) is 0 Å². The minimum atomic E-state index is -0.722. The second-order valence-electron chi connectivity index (χ2n) is 26.8. The van der Waals surface area contributed by atoms with Crippen LogP contribution in [0.1, 0.15) is 143 Å². The van der Waals surface area contributed by atoms with Gasteiger partial charge in [-0.2, -0.15) is 0 Å². The highest BCUT2D eigenvalue weighted by atomic mass is 16.4. The Morgan fingerprint density at radius 3 is 0.872 bits per heavy atom. The SMILES string of the molecule is C#CCCc1cc(=O)oc2[nH]c(=O)[nH]c(=O)c12.C=CCCCc1cc(=O)oc2[nH]c(=O)[nH]c(=O)c12.O=c1[nH]c(=O)c2c(CC3CC3)cc(=O)oc2[nH]1.O=c1[nH]c(=O)c2c(CCC3CC3)cc(=O)oc2[nH]1.O=c1[nH]c(=O)c2c(CCCC3CC3)cc(=O)oc2[nH]1.O=c1[nH]c(=O)c2c(CCCCC3CC3)cc(=O)oc2[nH]1. The van der Waals surface area contributed by atoms with E-state index in [1.165, 1.54) is 81.3 Å². The van der Waals surface area contributed by atoms with Crippen LogP contribution in [-0.4, -0.2) is 59.8 Å². The monoisotopic (exact) mass is 1500 g/mol. The van der Waals surface area contributed by atoms with Gasteiger partial charge in [0.1, 0.15) is 32.3 Å². The van der Waals surface area contributed by atoms with Crippen LogP contribution in [0.25, 0.3) is 66.6 Å². The Labute approximate surface area is 604 Å².